The molecule has 0 amide bonds. The van der Waals surface area contributed by atoms with Crippen LogP contribution in [-0.2, 0) is 6.42 Å². The van der Waals surface area contributed by atoms with Crippen LogP contribution < -0.4 is 5.73 Å². The number of aromatic nitrogens is 2. The first kappa shape index (κ1) is 12.5. The molecule has 0 fully saturated rings. The topological polar surface area (TPSA) is 97.5 Å². The van der Waals surface area contributed by atoms with E-state index in [0.717, 1.165) is 5.56 Å². The lowest BCUT2D eigenvalue weighted by Gasteiger charge is -2.03. The predicted molar refractivity (Wildman–Crippen MR) is 64.8 cm³/mol. The van der Waals surface area contributed by atoms with Crippen LogP contribution in [0, 0.1) is 5.82 Å². The van der Waals surface area contributed by atoms with Gasteiger partial charge in [0.2, 0.25) is 0 Å². The highest BCUT2D eigenvalue weighted by molar-refractivity contribution is 9.10. The Morgan fingerprint density at radius 3 is 2.83 bits per heavy atom. The summed E-state index contributed by atoms with van der Waals surface area (Å²) in [4.78, 5) is 0. The van der Waals surface area contributed by atoms with E-state index in [1.807, 2.05) is 0 Å². The molecule has 0 aliphatic rings. The van der Waals surface area contributed by atoms with E-state index in [0.29, 0.717) is 4.47 Å². The summed E-state index contributed by atoms with van der Waals surface area (Å²) in [7, 11) is 0. The standard InChI is InChI=1S/C10H8BrFN4O2/c11-6-3-5(1-2-7(6)12)4-8(14-17)9-10(13)16-18-15-9/h1-3,17H,4H2,(H2,13,16). The highest BCUT2D eigenvalue weighted by atomic mass is 79.9. The fourth-order valence-electron chi connectivity index (χ4n) is 1.41. The lowest BCUT2D eigenvalue weighted by Crippen LogP contribution is -2.09. The number of rotatable bonds is 3. The minimum atomic E-state index is -0.371. The molecule has 1 aromatic carbocycles. The Bertz CT molecular complexity index is 599. The van der Waals surface area contributed by atoms with Crippen LogP contribution in [0.4, 0.5) is 10.2 Å². The maximum Gasteiger partial charge on any atom is 0.197 e. The molecule has 0 aliphatic carbocycles. The van der Waals surface area contributed by atoms with Crippen LogP contribution >= 0.6 is 15.9 Å². The molecule has 1 heterocycles. The van der Waals surface area contributed by atoms with Crippen LogP contribution in [-0.4, -0.2) is 21.2 Å². The van der Waals surface area contributed by atoms with Gasteiger partial charge in [0.05, 0.1) is 4.47 Å². The first-order valence-corrected chi connectivity index (χ1v) is 5.64. The third-order valence-corrected chi connectivity index (χ3v) is 2.87. The van der Waals surface area contributed by atoms with Crippen molar-refractivity contribution in [2.75, 3.05) is 5.73 Å². The van der Waals surface area contributed by atoms with Crippen molar-refractivity contribution in [2.45, 2.75) is 6.42 Å². The molecule has 18 heavy (non-hydrogen) atoms. The number of oxime groups is 1. The number of hydrogen-bond acceptors (Lipinski definition) is 6. The Morgan fingerprint density at radius 2 is 2.28 bits per heavy atom. The van der Waals surface area contributed by atoms with E-state index in [2.05, 4.69) is 36.0 Å². The van der Waals surface area contributed by atoms with Gasteiger partial charge in [-0.25, -0.2) is 9.02 Å². The molecule has 0 aliphatic heterocycles. The van der Waals surface area contributed by atoms with Gasteiger partial charge in [0, 0.05) is 6.42 Å². The van der Waals surface area contributed by atoms with Crippen molar-refractivity contribution in [3.8, 4) is 0 Å². The highest BCUT2D eigenvalue weighted by Gasteiger charge is 2.15. The second-order valence-corrected chi connectivity index (χ2v) is 4.32. The molecular formula is C10H8BrFN4O2. The summed E-state index contributed by atoms with van der Waals surface area (Å²) in [6.45, 7) is 0. The Kier molecular flexibility index (Phi) is 3.56. The van der Waals surface area contributed by atoms with Gasteiger partial charge in [-0.3, -0.25) is 0 Å². The summed E-state index contributed by atoms with van der Waals surface area (Å²) in [5.41, 5.74) is 6.57. The average molecular weight is 315 g/mol. The molecule has 2 rings (SSSR count). The van der Waals surface area contributed by atoms with Gasteiger partial charge in [-0.05, 0) is 43.9 Å². The van der Waals surface area contributed by atoms with E-state index >= 15 is 0 Å². The molecule has 0 unspecified atom stereocenters. The van der Waals surface area contributed by atoms with Crippen molar-refractivity contribution < 1.29 is 14.2 Å². The van der Waals surface area contributed by atoms with Gasteiger partial charge in [0.1, 0.15) is 11.5 Å². The van der Waals surface area contributed by atoms with Crippen LogP contribution in [0.25, 0.3) is 0 Å². The van der Waals surface area contributed by atoms with Crippen molar-refractivity contribution in [3.63, 3.8) is 0 Å². The molecule has 3 N–H and O–H groups in total. The second kappa shape index (κ2) is 5.13. The number of nitrogens with zero attached hydrogens (tertiary/aromatic N) is 3. The van der Waals surface area contributed by atoms with Crippen molar-refractivity contribution in [2.24, 2.45) is 5.16 Å². The van der Waals surface area contributed by atoms with Gasteiger partial charge < -0.3 is 10.9 Å². The van der Waals surface area contributed by atoms with Gasteiger partial charge in [-0.2, -0.15) is 0 Å². The van der Waals surface area contributed by atoms with E-state index in [4.69, 9.17) is 10.9 Å². The number of nitrogen functional groups attached to an aromatic ring is 1. The van der Waals surface area contributed by atoms with Gasteiger partial charge in [-0.1, -0.05) is 11.2 Å². The first-order chi connectivity index (χ1) is 8.61. The summed E-state index contributed by atoms with van der Waals surface area (Å²) in [6, 6.07) is 4.44. The molecule has 0 saturated heterocycles. The summed E-state index contributed by atoms with van der Waals surface area (Å²) < 4.78 is 17.8. The van der Waals surface area contributed by atoms with Crippen molar-refractivity contribution in [1.82, 2.24) is 10.3 Å². The molecule has 2 aromatic rings. The Balaban J connectivity index is 2.27. The summed E-state index contributed by atoms with van der Waals surface area (Å²) >= 11 is 3.07. The van der Waals surface area contributed by atoms with Gasteiger partial charge >= 0.3 is 0 Å². The van der Waals surface area contributed by atoms with Gasteiger partial charge in [-0.15, -0.1) is 0 Å². The van der Waals surface area contributed by atoms with Gasteiger partial charge in [0.25, 0.3) is 0 Å². The SMILES string of the molecule is Nc1nonc1C(Cc1ccc(F)c(Br)c1)=NO. The molecule has 0 bridgehead atoms. The van der Waals surface area contributed by atoms with E-state index < -0.39 is 0 Å². The first-order valence-electron chi connectivity index (χ1n) is 4.85. The molecule has 0 radical (unpaired) electrons. The van der Waals surface area contributed by atoms with Gasteiger partial charge in [0.15, 0.2) is 11.5 Å². The predicted octanol–water partition coefficient (Wildman–Crippen LogP) is 1.97. The molecule has 0 spiro atoms. The third-order valence-electron chi connectivity index (χ3n) is 2.26. The van der Waals surface area contributed by atoms with E-state index in [-0.39, 0.29) is 29.5 Å². The van der Waals surface area contributed by atoms with Crippen molar-refractivity contribution >= 4 is 27.5 Å². The second-order valence-electron chi connectivity index (χ2n) is 3.47. The van der Waals surface area contributed by atoms with Crippen LogP contribution in [0.1, 0.15) is 11.3 Å². The molecule has 1 aromatic heterocycles. The van der Waals surface area contributed by atoms with E-state index in [1.165, 1.54) is 6.07 Å². The lowest BCUT2D eigenvalue weighted by molar-refractivity contribution is 0.304. The van der Waals surface area contributed by atoms with Crippen LogP contribution in [0.2, 0.25) is 0 Å². The number of hydrogen-bond donors (Lipinski definition) is 2. The maximum atomic E-state index is 13.1. The zero-order valence-corrected chi connectivity index (χ0v) is 10.6. The minimum Gasteiger partial charge on any atom is -0.411 e. The van der Waals surface area contributed by atoms with Crippen molar-refractivity contribution in [3.05, 3.63) is 39.7 Å². The normalized spacial score (nSPS) is 11.8. The molecule has 8 heteroatoms. The zero-order valence-electron chi connectivity index (χ0n) is 8.97. The Morgan fingerprint density at radius 1 is 1.50 bits per heavy atom. The molecule has 94 valence electrons. The average Bonchev–Trinajstić information content (AvgIpc) is 2.77. The van der Waals surface area contributed by atoms with Crippen LogP contribution in [0.5, 0.6) is 0 Å². The fourth-order valence-corrected chi connectivity index (χ4v) is 1.83. The van der Waals surface area contributed by atoms with E-state index in [1.54, 1.807) is 12.1 Å². The highest BCUT2D eigenvalue weighted by Crippen LogP contribution is 2.19. The Labute approximate surface area is 109 Å². The number of anilines is 1. The molecule has 0 atom stereocenters. The van der Waals surface area contributed by atoms with Crippen LogP contribution in [0.15, 0.2) is 32.5 Å². The quantitative estimate of drug-likeness (QED) is 0.513. The number of nitrogens with two attached hydrogens (primary N) is 1. The third kappa shape index (κ3) is 2.48. The smallest absolute Gasteiger partial charge is 0.197 e. The minimum absolute atomic E-state index is 0.0315. The Hall–Kier alpha value is -1.96. The number of benzene rings is 1. The van der Waals surface area contributed by atoms with Crippen molar-refractivity contribution in [1.29, 1.82) is 0 Å². The lowest BCUT2D eigenvalue weighted by atomic mass is 10.1. The maximum absolute atomic E-state index is 13.1. The fraction of sp³-hybridized carbons (Fsp3) is 0.100. The molecular weight excluding hydrogens is 307 g/mol. The largest absolute Gasteiger partial charge is 0.411 e. The van der Waals surface area contributed by atoms with E-state index in [9.17, 15) is 4.39 Å². The summed E-state index contributed by atoms with van der Waals surface area (Å²) in [5.74, 6) is -0.340. The summed E-state index contributed by atoms with van der Waals surface area (Å²) in [6.07, 6.45) is 0.216. The summed E-state index contributed by atoms with van der Waals surface area (Å²) in [5, 5.41) is 19.0. The molecule has 6 nitrogen and oxygen atoms in total. The zero-order chi connectivity index (χ0) is 13.1. The number of halogens is 2. The monoisotopic (exact) mass is 314 g/mol. The molecule has 0 saturated carbocycles. The van der Waals surface area contributed by atoms with Crippen LogP contribution in [0.3, 0.4) is 0 Å².